The molecule has 0 spiro atoms. The van der Waals surface area contributed by atoms with E-state index in [-0.39, 0.29) is 5.91 Å². The number of carbonyl (C=O) groups is 1. The van der Waals surface area contributed by atoms with Gasteiger partial charge in [-0.2, -0.15) is 0 Å². The molecule has 4 nitrogen and oxygen atoms in total. The highest BCUT2D eigenvalue weighted by atomic mass is 16.5. The van der Waals surface area contributed by atoms with Crippen molar-refractivity contribution in [3.8, 4) is 5.75 Å². The van der Waals surface area contributed by atoms with Crippen LogP contribution in [0.5, 0.6) is 5.75 Å². The number of benzene rings is 3. The Balaban J connectivity index is 1.28. The average Bonchev–Trinajstić information content (AvgIpc) is 3.19. The van der Waals surface area contributed by atoms with Crippen LogP contribution in [-0.2, 0) is 11.2 Å². The Hall–Kier alpha value is -3.01. The zero-order valence-corrected chi connectivity index (χ0v) is 15.2. The lowest BCUT2D eigenvalue weighted by molar-refractivity contribution is -0.138. The van der Waals surface area contributed by atoms with Gasteiger partial charge in [0.15, 0.2) is 6.10 Å². The minimum Gasteiger partial charge on any atom is -0.480 e. The van der Waals surface area contributed by atoms with Crippen LogP contribution in [0.3, 0.4) is 0 Å². The minimum atomic E-state index is -0.394. The molecule has 27 heavy (non-hydrogen) atoms. The van der Waals surface area contributed by atoms with Crippen molar-refractivity contribution < 1.29 is 9.53 Å². The van der Waals surface area contributed by atoms with Gasteiger partial charge < -0.3 is 14.5 Å². The zero-order valence-electron chi connectivity index (χ0n) is 15.2. The molecule has 136 valence electrons. The van der Waals surface area contributed by atoms with Crippen LogP contribution in [0.15, 0.2) is 66.7 Å². The summed E-state index contributed by atoms with van der Waals surface area (Å²) in [6.45, 7) is 3.20. The number of ether oxygens (including phenoxy) is 1. The van der Waals surface area contributed by atoms with Gasteiger partial charge in [-0.25, -0.2) is 0 Å². The fourth-order valence-electron chi connectivity index (χ4n) is 4.18. The maximum absolute atomic E-state index is 13.0. The number of anilines is 1. The van der Waals surface area contributed by atoms with E-state index in [2.05, 4.69) is 47.4 Å². The smallest absolute Gasteiger partial charge is 0.264 e. The van der Waals surface area contributed by atoms with E-state index in [1.165, 1.54) is 16.5 Å². The zero-order chi connectivity index (χ0) is 18.2. The first-order valence-electron chi connectivity index (χ1n) is 9.56. The number of amides is 1. The predicted octanol–water partition coefficient (Wildman–Crippen LogP) is 3.49. The van der Waals surface area contributed by atoms with Crippen molar-refractivity contribution in [1.29, 1.82) is 0 Å². The van der Waals surface area contributed by atoms with E-state index in [4.69, 9.17) is 4.74 Å². The number of para-hydroxylation sites is 1. The van der Waals surface area contributed by atoms with Crippen molar-refractivity contribution in [2.45, 2.75) is 12.5 Å². The largest absolute Gasteiger partial charge is 0.480 e. The standard InChI is InChI=1S/C23H22N2O2/c26-23(25-14-12-24(13-15-25)18-7-2-1-3-8-18)22-16-20-19-9-5-4-6-17(19)10-11-21(20)27-22/h1-11,22H,12-16H2. The summed E-state index contributed by atoms with van der Waals surface area (Å²) < 4.78 is 6.04. The third-order valence-corrected chi connectivity index (χ3v) is 5.64. The van der Waals surface area contributed by atoms with Crippen LogP contribution in [0.4, 0.5) is 5.69 Å². The summed E-state index contributed by atoms with van der Waals surface area (Å²) in [5.41, 5.74) is 2.38. The molecule has 3 aromatic carbocycles. The second kappa shape index (κ2) is 6.62. The van der Waals surface area contributed by atoms with Gasteiger partial charge in [0.1, 0.15) is 5.75 Å². The number of piperazine rings is 1. The predicted molar refractivity (Wildman–Crippen MR) is 107 cm³/mol. The monoisotopic (exact) mass is 358 g/mol. The number of rotatable bonds is 2. The van der Waals surface area contributed by atoms with Gasteiger partial charge in [0.2, 0.25) is 0 Å². The molecule has 0 radical (unpaired) electrons. The van der Waals surface area contributed by atoms with Gasteiger partial charge in [-0.3, -0.25) is 4.79 Å². The second-order valence-corrected chi connectivity index (χ2v) is 7.22. The molecule has 1 fully saturated rings. The third-order valence-electron chi connectivity index (χ3n) is 5.64. The van der Waals surface area contributed by atoms with E-state index in [1.54, 1.807) is 0 Å². The van der Waals surface area contributed by atoms with Crippen LogP contribution in [0.1, 0.15) is 5.56 Å². The minimum absolute atomic E-state index is 0.114. The molecule has 1 atom stereocenters. The lowest BCUT2D eigenvalue weighted by Gasteiger charge is -2.36. The van der Waals surface area contributed by atoms with Gasteiger partial charge in [0.05, 0.1) is 0 Å². The molecule has 0 saturated carbocycles. The van der Waals surface area contributed by atoms with Crippen molar-refractivity contribution >= 4 is 22.4 Å². The summed E-state index contributed by atoms with van der Waals surface area (Å²) in [5, 5.41) is 2.39. The number of hydrogen-bond donors (Lipinski definition) is 0. The highest BCUT2D eigenvalue weighted by Gasteiger charge is 2.34. The SMILES string of the molecule is O=C(C1Cc2c(ccc3ccccc23)O1)N1CCN(c2ccccc2)CC1. The first-order valence-corrected chi connectivity index (χ1v) is 9.56. The number of carbonyl (C=O) groups excluding carboxylic acids is 1. The van der Waals surface area contributed by atoms with Crippen LogP contribution in [-0.4, -0.2) is 43.1 Å². The molecule has 3 aromatic rings. The van der Waals surface area contributed by atoms with E-state index in [0.717, 1.165) is 37.5 Å². The first kappa shape index (κ1) is 16.2. The maximum atomic E-state index is 13.0. The van der Waals surface area contributed by atoms with E-state index in [1.807, 2.05) is 29.2 Å². The van der Waals surface area contributed by atoms with Crippen LogP contribution in [0, 0.1) is 0 Å². The summed E-state index contributed by atoms with van der Waals surface area (Å²) in [6, 6.07) is 22.8. The molecule has 4 heteroatoms. The molecule has 2 heterocycles. The Morgan fingerprint density at radius 2 is 1.59 bits per heavy atom. The molecule has 1 unspecified atom stereocenters. The van der Waals surface area contributed by atoms with Crippen LogP contribution in [0.2, 0.25) is 0 Å². The van der Waals surface area contributed by atoms with Crippen molar-refractivity contribution in [2.75, 3.05) is 31.1 Å². The van der Waals surface area contributed by atoms with Crippen LogP contribution < -0.4 is 9.64 Å². The third kappa shape index (κ3) is 2.91. The first-order chi connectivity index (χ1) is 13.3. The Kier molecular flexibility index (Phi) is 3.97. The van der Waals surface area contributed by atoms with Gasteiger partial charge in [-0.15, -0.1) is 0 Å². The lowest BCUT2D eigenvalue weighted by Crippen LogP contribution is -2.52. The van der Waals surface area contributed by atoms with Gasteiger partial charge >= 0.3 is 0 Å². The molecule has 0 N–H and O–H groups in total. The normalized spacial score (nSPS) is 19.0. The summed E-state index contributed by atoms with van der Waals surface area (Å²) in [4.78, 5) is 17.3. The van der Waals surface area contributed by atoms with E-state index >= 15 is 0 Å². The Labute approximate surface area is 159 Å². The summed E-state index contributed by atoms with van der Waals surface area (Å²) in [7, 11) is 0. The number of hydrogen-bond acceptors (Lipinski definition) is 3. The summed E-state index contributed by atoms with van der Waals surface area (Å²) >= 11 is 0. The molecular weight excluding hydrogens is 336 g/mol. The van der Waals surface area contributed by atoms with Gasteiger partial charge in [0.25, 0.3) is 5.91 Å². The Morgan fingerprint density at radius 3 is 2.41 bits per heavy atom. The molecule has 1 saturated heterocycles. The summed E-state index contributed by atoms with van der Waals surface area (Å²) in [5.74, 6) is 0.970. The fourth-order valence-corrected chi connectivity index (χ4v) is 4.18. The molecule has 0 bridgehead atoms. The average molecular weight is 358 g/mol. The van der Waals surface area contributed by atoms with Crippen molar-refractivity contribution in [3.63, 3.8) is 0 Å². The van der Waals surface area contributed by atoms with Crippen molar-refractivity contribution in [2.24, 2.45) is 0 Å². The molecule has 0 aliphatic carbocycles. The quantitative estimate of drug-likeness (QED) is 0.703. The van der Waals surface area contributed by atoms with E-state index in [0.29, 0.717) is 6.42 Å². The lowest BCUT2D eigenvalue weighted by atomic mass is 10.0. The second-order valence-electron chi connectivity index (χ2n) is 7.22. The number of fused-ring (bicyclic) bond motifs is 3. The Bertz CT molecular complexity index is 978. The molecular formula is C23H22N2O2. The van der Waals surface area contributed by atoms with Gasteiger partial charge in [0, 0.05) is 43.9 Å². The van der Waals surface area contributed by atoms with Gasteiger partial charge in [-0.1, -0.05) is 48.5 Å². The highest BCUT2D eigenvalue weighted by Crippen LogP contribution is 2.35. The number of nitrogens with zero attached hydrogens (tertiary/aromatic N) is 2. The molecule has 1 amide bonds. The maximum Gasteiger partial charge on any atom is 0.264 e. The van der Waals surface area contributed by atoms with Crippen LogP contribution >= 0.6 is 0 Å². The van der Waals surface area contributed by atoms with Crippen molar-refractivity contribution in [3.05, 3.63) is 72.3 Å². The van der Waals surface area contributed by atoms with Crippen molar-refractivity contribution in [1.82, 2.24) is 4.90 Å². The Morgan fingerprint density at radius 1 is 0.852 bits per heavy atom. The van der Waals surface area contributed by atoms with E-state index in [9.17, 15) is 4.79 Å². The fraction of sp³-hybridized carbons (Fsp3) is 0.261. The molecule has 2 aliphatic heterocycles. The van der Waals surface area contributed by atoms with Gasteiger partial charge in [-0.05, 0) is 29.0 Å². The molecule has 0 aromatic heterocycles. The molecule has 5 rings (SSSR count). The molecule has 2 aliphatic rings. The van der Waals surface area contributed by atoms with Crippen LogP contribution in [0.25, 0.3) is 10.8 Å². The summed E-state index contributed by atoms with van der Waals surface area (Å²) in [6.07, 6.45) is 0.267. The topological polar surface area (TPSA) is 32.8 Å². The van der Waals surface area contributed by atoms with E-state index < -0.39 is 6.10 Å². The highest BCUT2D eigenvalue weighted by molar-refractivity contribution is 5.91.